The number of nitrogens with one attached hydrogen (secondary N) is 2. The summed E-state index contributed by atoms with van der Waals surface area (Å²) in [5, 5.41) is 7.03. The van der Waals surface area contributed by atoms with Gasteiger partial charge in [-0.2, -0.15) is 4.98 Å². The van der Waals surface area contributed by atoms with Crippen LogP contribution in [0, 0.1) is 5.92 Å². The zero-order chi connectivity index (χ0) is 19.9. The lowest BCUT2D eigenvalue weighted by Gasteiger charge is -2.18. The fourth-order valence-electron chi connectivity index (χ4n) is 3.99. The molecule has 0 aromatic carbocycles. The molecule has 0 bridgehead atoms. The van der Waals surface area contributed by atoms with E-state index >= 15 is 0 Å². The van der Waals surface area contributed by atoms with Gasteiger partial charge >= 0.3 is 0 Å². The average Bonchev–Trinajstić information content (AvgIpc) is 3.16. The molecular weight excluding hydrogens is 346 g/mol. The molecule has 2 atom stereocenters. The van der Waals surface area contributed by atoms with Crippen molar-refractivity contribution in [3.63, 3.8) is 0 Å². The number of hydrogen-bond donors (Lipinski definition) is 2. The van der Waals surface area contributed by atoms with Crippen LogP contribution in [-0.4, -0.2) is 28.3 Å². The van der Waals surface area contributed by atoms with Gasteiger partial charge in [-0.15, -0.1) is 0 Å². The second-order valence-corrected chi connectivity index (χ2v) is 8.12. The van der Waals surface area contributed by atoms with Gasteiger partial charge in [-0.25, -0.2) is 4.98 Å². The molecule has 2 N–H and O–H groups in total. The Kier molecular flexibility index (Phi) is 7.24. The molecule has 1 heterocycles. The molecule has 2 unspecified atom stereocenters. The summed E-state index contributed by atoms with van der Waals surface area (Å²) in [4.78, 5) is 14.3. The van der Waals surface area contributed by atoms with Crippen LogP contribution in [0.2, 0.25) is 0 Å². The molecule has 28 heavy (non-hydrogen) atoms. The molecule has 0 radical (unpaired) electrons. The molecule has 1 saturated carbocycles. The van der Waals surface area contributed by atoms with E-state index in [1.165, 1.54) is 31.3 Å². The summed E-state index contributed by atoms with van der Waals surface area (Å²) in [6.45, 7) is 9.56. The second-order valence-electron chi connectivity index (χ2n) is 8.12. The van der Waals surface area contributed by atoms with Crippen LogP contribution in [-0.2, 0) is 0 Å². The van der Waals surface area contributed by atoms with Crippen molar-refractivity contribution >= 4 is 17.5 Å². The van der Waals surface area contributed by atoms with E-state index in [1.54, 1.807) is 0 Å². The highest BCUT2D eigenvalue weighted by Gasteiger charge is 2.24. The minimum Gasteiger partial charge on any atom is -0.367 e. The van der Waals surface area contributed by atoms with Crippen molar-refractivity contribution in [3.8, 4) is 0 Å². The Bertz CT molecular complexity index is 762. The second kappa shape index (κ2) is 9.85. The number of rotatable bonds is 8. The maximum Gasteiger partial charge on any atom is 0.224 e. The van der Waals surface area contributed by atoms with Crippen LogP contribution in [0.15, 0.2) is 34.6 Å². The lowest BCUT2D eigenvalue weighted by Crippen LogP contribution is -2.20. The van der Waals surface area contributed by atoms with E-state index in [2.05, 4.69) is 55.5 Å². The number of allylic oxidation sites excluding steroid dienone is 3. The van der Waals surface area contributed by atoms with Gasteiger partial charge in [0.05, 0.1) is 17.0 Å². The fraction of sp³-hybridized carbons (Fsp3) is 0.609. The molecule has 1 fully saturated rings. The van der Waals surface area contributed by atoms with Gasteiger partial charge in [0, 0.05) is 18.8 Å². The van der Waals surface area contributed by atoms with Crippen LogP contribution < -0.4 is 10.6 Å². The maximum atomic E-state index is 4.91. The molecular formula is C23H35N5. The van der Waals surface area contributed by atoms with Crippen molar-refractivity contribution in [1.29, 1.82) is 0 Å². The molecule has 5 heteroatoms. The summed E-state index contributed by atoms with van der Waals surface area (Å²) in [6.07, 6.45) is 14.5. The van der Waals surface area contributed by atoms with Crippen LogP contribution in [0.3, 0.4) is 0 Å². The van der Waals surface area contributed by atoms with E-state index in [0.717, 1.165) is 54.5 Å². The smallest absolute Gasteiger partial charge is 0.224 e. The van der Waals surface area contributed by atoms with E-state index in [-0.39, 0.29) is 0 Å². The summed E-state index contributed by atoms with van der Waals surface area (Å²) in [5.41, 5.74) is 4.40. The molecule has 1 aromatic rings. The van der Waals surface area contributed by atoms with E-state index < -0.39 is 0 Å². The minimum absolute atomic E-state index is 0.487. The molecule has 3 rings (SSSR count). The molecule has 0 saturated heterocycles. The normalized spacial score (nSPS) is 22.6. The zero-order valence-electron chi connectivity index (χ0n) is 17.9. The van der Waals surface area contributed by atoms with Crippen LogP contribution in [0.25, 0.3) is 0 Å². The van der Waals surface area contributed by atoms with Crippen LogP contribution in [0.4, 0.5) is 11.8 Å². The van der Waals surface area contributed by atoms with Crippen LogP contribution in [0.1, 0.15) is 78.2 Å². The van der Waals surface area contributed by atoms with E-state index in [1.807, 2.05) is 6.20 Å². The van der Waals surface area contributed by atoms with Crippen LogP contribution in [0.5, 0.6) is 0 Å². The van der Waals surface area contributed by atoms with E-state index in [0.29, 0.717) is 12.0 Å². The summed E-state index contributed by atoms with van der Waals surface area (Å²) in [6, 6.07) is 0.487. The molecule has 1 aromatic heterocycles. The van der Waals surface area contributed by atoms with Crippen molar-refractivity contribution < 1.29 is 0 Å². The van der Waals surface area contributed by atoms with Gasteiger partial charge in [-0.3, -0.25) is 4.99 Å². The van der Waals surface area contributed by atoms with Gasteiger partial charge in [0.2, 0.25) is 5.95 Å². The number of nitrogens with zero attached hydrogens (tertiary/aromatic N) is 3. The Hall–Kier alpha value is -2.17. The highest BCUT2D eigenvalue weighted by Crippen LogP contribution is 2.31. The number of hydrogen-bond acceptors (Lipinski definition) is 5. The first kappa shape index (κ1) is 20.6. The van der Waals surface area contributed by atoms with Crippen molar-refractivity contribution in [2.24, 2.45) is 10.9 Å². The third kappa shape index (κ3) is 5.21. The molecule has 152 valence electrons. The van der Waals surface area contributed by atoms with E-state index in [4.69, 9.17) is 9.98 Å². The standard InChI is InChI=1S/C23H35N5/c1-5-13-24-23-25-15-20(17(4)26-21-10-8-7-9-16(21)3)22(28-23)27-19-12-11-18(6-2)14-19/h8,10,15,18-19H,5-7,9,11-14H2,1-4H3,(H2,24,25,27,28). The first-order valence-electron chi connectivity index (χ1n) is 10.9. The Morgan fingerprint density at radius 2 is 2.14 bits per heavy atom. The van der Waals surface area contributed by atoms with Gasteiger partial charge in [0.1, 0.15) is 5.82 Å². The van der Waals surface area contributed by atoms with Crippen molar-refractivity contribution in [2.75, 3.05) is 17.2 Å². The first-order valence-corrected chi connectivity index (χ1v) is 10.9. The molecule has 0 spiro atoms. The van der Waals surface area contributed by atoms with Gasteiger partial charge in [-0.1, -0.05) is 26.3 Å². The summed E-state index contributed by atoms with van der Waals surface area (Å²) in [7, 11) is 0. The predicted octanol–water partition coefficient (Wildman–Crippen LogP) is 5.72. The Balaban J connectivity index is 1.87. The number of aliphatic imine (C=N–C) groups is 1. The zero-order valence-corrected chi connectivity index (χ0v) is 17.9. The number of anilines is 2. The SMILES string of the molecule is CCCNc1ncc(C(C)=NC2=C(C)CCC=C2)c(NC2CCC(CC)C2)n1. The Labute approximate surface area is 169 Å². The van der Waals surface area contributed by atoms with Gasteiger partial charge in [0.25, 0.3) is 0 Å². The minimum atomic E-state index is 0.487. The lowest BCUT2D eigenvalue weighted by atomic mass is 10.0. The Morgan fingerprint density at radius 3 is 2.86 bits per heavy atom. The predicted molar refractivity (Wildman–Crippen MR) is 119 cm³/mol. The largest absolute Gasteiger partial charge is 0.367 e. The molecule has 2 aliphatic carbocycles. The van der Waals surface area contributed by atoms with Crippen LogP contribution >= 0.6 is 0 Å². The monoisotopic (exact) mass is 381 g/mol. The molecule has 2 aliphatic rings. The quantitative estimate of drug-likeness (QED) is 0.565. The van der Waals surface area contributed by atoms with Gasteiger partial charge in [0.15, 0.2) is 0 Å². The van der Waals surface area contributed by atoms with E-state index in [9.17, 15) is 0 Å². The van der Waals surface area contributed by atoms with Gasteiger partial charge in [-0.05, 0) is 69.9 Å². The lowest BCUT2D eigenvalue weighted by molar-refractivity contribution is 0.524. The maximum absolute atomic E-state index is 4.91. The fourth-order valence-corrected chi connectivity index (χ4v) is 3.99. The highest BCUT2D eigenvalue weighted by atomic mass is 15.1. The average molecular weight is 382 g/mol. The summed E-state index contributed by atoms with van der Waals surface area (Å²) in [5.74, 6) is 2.43. The topological polar surface area (TPSA) is 62.2 Å². The molecule has 0 amide bonds. The number of aromatic nitrogens is 2. The van der Waals surface area contributed by atoms with Crippen molar-refractivity contribution in [1.82, 2.24) is 9.97 Å². The Morgan fingerprint density at radius 1 is 1.29 bits per heavy atom. The molecule has 0 aliphatic heterocycles. The third-order valence-electron chi connectivity index (χ3n) is 5.86. The van der Waals surface area contributed by atoms with Crippen molar-refractivity contribution in [3.05, 3.63) is 35.2 Å². The first-order chi connectivity index (χ1) is 13.6. The highest BCUT2D eigenvalue weighted by molar-refractivity contribution is 6.03. The van der Waals surface area contributed by atoms with Crippen molar-refractivity contribution in [2.45, 2.75) is 78.7 Å². The summed E-state index contributed by atoms with van der Waals surface area (Å²) >= 11 is 0. The molecule has 5 nitrogen and oxygen atoms in total. The third-order valence-corrected chi connectivity index (χ3v) is 5.86. The summed E-state index contributed by atoms with van der Waals surface area (Å²) < 4.78 is 0. The van der Waals surface area contributed by atoms with Gasteiger partial charge < -0.3 is 10.6 Å².